The number of para-hydroxylation sites is 1. The molecular formula is C14H11N3O4. The van der Waals surface area contributed by atoms with Gasteiger partial charge in [-0.2, -0.15) is 0 Å². The van der Waals surface area contributed by atoms with Crippen LogP contribution in [0, 0.1) is 0 Å². The Kier molecular flexibility index (Phi) is 4.25. The molecule has 7 nitrogen and oxygen atoms in total. The summed E-state index contributed by atoms with van der Waals surface area (Å²) < 4.78 is 0. The van der Waals surface area contributed by atoms with E-state index in [0.29, 0.717) is 6.08 Å². The number of carbonyl (C=O) groups is 3. The van der Waals surface area contributed by atoms with E-state index in [1.54, 1.807) is 6.07 Å². The van der Waals surface area contributed by atoms with E-state index in [9.17, 15) is 14.4 Å². The standard InChI is InChI=1S/C14H11N3O4/c18-12(5-6-13(19)20)16-17-14(21)10-7-9-3-1-2-4-11(9)15-8-10/h1-8H,(H,16,18)(H,17,21)(H,19,20)/b6-5-. The molecule has 0 atom stereocenters. The van der Waals surface area contributed by atoms with Crippen molar-refractivity contribution < 1.29 is 19.5 Å². The second-order valence-corrected chi connectivity index (χ2v) is 4.03. The van der Waals surface area contributed by atoms with Gasteiger partial charge in [0.1, 0.15) is 0 Å². The number of nitrogens with one attached hydrogen (secondary N) is 2. The normalized spacial score (nSPS) is 10.5. The number of rotatable bonds is 3. The molecule has 0 radical (unpaired) electrons. The van der Waals surface area contributed by atoms with E-state index in [1.807, 2.05) is 24.3 Å². The van der Waals surface area contributed by atoms with Crippen LogP contribution < -0.4 is 10.9 Å². The van der Waals surface area contributed by atoms with E-state index >= 15 is 0 Å². The lowest BCUT2D eigenvalue weighted by Gasteiger charge is -2.05. The second kappa shape index (κ2) is 6.29. The van der Waals surface area contributed by atoms with Gasteiger partial charge in [-0.3, -0.25) is 25.4 Å². The van der Waals surface area contributed by atoms with Crippen LogP contribution in [0.25, 0.3) is 10.9 Å². The number of aliphatic carboxylic acids is 1. The lowest BCUT2D eigenvalue weighted by molar-refractivity contribution is -0.131. The van der Waals surface area contributed by atoms with E-state index in [2.05, 4.69) is 15.8 Å². The van der Waals surface area contributed by atoms with Gasteiger partial charge in [-0.05, 0) is 12.1 Å². The highest BCUT2D eigenvalue weighted by atomic mass is 16.4. The smallest absolute Gasteiger partial charge is 0.328 e. The number of amides is 2. The van der Waals surface area contributed by atoms with E-state index in [0.717, 1.165) is 17.0 Å². The molecule has 1 aromatic heterocycles. The first-order chi connectivity index (χ1) is 10.1. The minimum Gasteiger partial charge on any atom is -0.478 e. The van der Waals surface area contributed by atoms with Crippen molar-refractivity contribution in [3.63, 3.8) is 0 Å². The molecule has 0 aliphatic rings. The third-order valence-electron chi connectivity index (χ3n) is 2.53. The molecule has 106 valence electrons. The fourth-order valence-electron chi connectivity index (χ4n) is 1.57. The summed E-state index contributed by atoms with van der Waals surface area (Å²) in [4.78, 5) is 37.4. The molecule has 7 heteroatoms. The van der Waals surface area contributed by atoms with Crippen molar-refractivity contribution in [3.8, 4) is 0 Å². The lowest BCUT2D eigenvalue weighted by atomic mass is 10.1. The average molecular weight is 285 g/mol. The van der Waals surface area contributed by atoms with Crippen molar-refractivity contribution in [2.45, 2.75) is 0 Å². The van der Waals surface area contributed by atoms with E-state index < -0.39 is 17.8 Å². The second-order valence-electron chi connectivity index (χ2n) is 4.03. The summed E-state index contributed by atoms with van der Waals surface area (Å²) in [7, 11) is 0. The highest BCUT2D eigenvalue weighted by Gasteiger charge is 2.07. The maximum atomic E-state index is 11.8. The number of nitrogens with zero attached hydrogens (tertiary/aromatic N) is 1. The van der Waals surface area contributed by atoms with E-state index in [1.165, 1.54) is 6.20 Å². The number of benzene rings is 1. The van der Waals surface area contributed by atoms with Crippen molar-refractivity contribution in [1.29, 1.82) is 0 Å². The van der Waals surface area contributed by atoms with Crippen molar-refractivity contribution in [3.05, 3.63) is 54.2 Å². The molecule has 0 fully saturated rings. The quantitative estimate of drug-likeness (QED) is 0.566. The number of carboxylic acid groups (broad SMARTS) is 1. The zero-order chi connectivity index (χ0) is 15.2. The third kappa shape index (κ3) is 3.87. The van der Waals surface area contributed by atoms with Gasteiger partial charge in [0.2, 0.25) is 0 Å². The fraction of sp³-hybridized carbons (Fsp3) is 0. The van der Waals surface area contributed by atoms with Crippen LogP contribution in [0.1, 0.15) is 10.4 Å². The summed E-state index contributed by atoms with van der Waals surface area (Å²) in [6.07, 6.45) is 2.84. The van der Waals surface area contributed by atoms with E-state index in [4.69, 9.17) is 5.11 Å². The van der Waals surface area contributed by atoms with Gasteiger partial charge in [-0.15, -0.1) is 0 Å². The summed E-state index contributed by atoms with van der Waals surface area (Å²) >= 11 is 0. The average Bonchev–Trinajstić information content (AvgIpc) is 2.50. The lowest BCUT2D eigenvalue weighted by Crippen LogP contribution is -2.40. The molecule has 3 N–H and O–H groups in total. The first-order valence-electron chi connectivity index (χ1n) is 5.92. The summed E-state index contributed by atoms with van der Waals surface area (Å²) in [5.41, 5.74) is 5.26. The fourth-order valence-corrected chi connectivity index (χ4v) is 1.57. The highest BCUT2D eigenvalue weighted by molar-refractivity contribution is 5.99. The van der Waals surface area contributed by atoms with Crippen LogP contribution in [-0.2, 0) is 9.59 Å². The molecule has 0 unspecified atom stereocenters. The van der Waals surface area contributed by atoms with Crippen LogP contribution in [0.5, 0.6) is 0 Å². The van der Waals surface area contributed by atoms with Crippen molar-refractivity contribution >= 4 is 28.7 Å². The number of carbonyl (C=O) groups excluding carboxylic acids is 2. The molecule has 0 saturated heterocycles. The molecule has 2 rings (SSSR count). The SMILES string of the molecule is O=C(O)/C=C\C(=O)NNC(=O)c1cnc2ccccc2c1. The van der Waals surface area contributed by atoms with Gasteiger partial charge in [-0.25, -0.2) is 4.79 Å². The number of fused-ring (bicyclic) bond motifs is 1. The Morgan fingerprint density at radius 3 is 2.62 bits per heavy atom. The van der Waals surface area contributed by atoms with Crippen LogP contribution in [0.2, 0.25) is 0 Å². The number of hydrazine groups is 1. The largest absolute Gasteiger partial charge is 0.478 e. The molecule has 2 aromatic rings. The summed E-state index contributed by atoms with van der Waals surface area (Å²) in [6, 6.07) is 8.92. The Balaban J connectivity index is 2.02. The predicted octanol–water partition coefficient (Wildman–Crippen LogP) is 0.637. The molecule has 1 aromatic carbocycles. The van der Waals surface area contributed by atoms with Crippen LogP contribution >= 0.6 is 0 Å². The van der Waals surface area contributed by atoms with Crippen LogP contribution in [-0.4, -0.2) is 27.9 Å². The van der Waals surface area contributed by atoms with Gasteiger partial charge < -0.3 is 5.11 Å². The number of aromatic nitrogens is 1. The molecule has 2 amide bonds. The van der Waals surface area contributed by atoms with Gasteiger partial charge in [0.25, 0.3) is 11.8 Å². The molecule has 1 heterocycles. The minimum absolute atomic E-state index is 0.274. The van der Waals surface area contributed by atoms with Crippen molar-refractivity contribution in [1.82, 2.24) is 15.8 Å². The molecular weight excluding hydrogens is 274 g/mol. The minimum atomic E-state index is -1.25. The maximum Gasteiger partial charge on any atom is 0.328 e. The van der Waals surface area contributed by atoms with Gasteiger partial charge in [-0.1, -0.05) is 18.2 Å². The van der Waals surface area contributed by atoms with Crippen molar-refractivity contribution in [2.24, 2.45) is 0 Å². The molecule has 0 aliphatic heterocycles. The number of hydrogen-bond acceptors (Lipinski definition) is 4. The Labute approximate surface area is 119 Å². The van der Waals surface area contributed by atoms with Crippen molar-refractivity contribution in [2.75, 3.05) is 0 Å². The molecule has 21 heavy (non-hydrogen) atoms. The van der Waals surface area contributed by atoms with Crippen LogP contribution in [0.4, 0.5) is 0 Å². The van der Waals surface area contributed by atoms with Crippen LogP contribution in [0.15, 0.2) is 48.7 Å². The Morgan fingerprint density at radius 2 is 1.86 bits per heavy atom. The van der Waals surface area contributed by atoms with E-state index in [-0.39, 0.29) is 5.56 Å². The zero-order valence-corrected chi connectivity index (χ0v) is 10.7. The zero-order valence-electron chi connectivity index (χ0n) is 10.7. The van der Waals surface area contributed by atoms with Gasteiger partial charge in [0, 0.05) is 23.7 Å². The Hall–Kier alpha value is -3.22. The molecule has 0 bridgehead atoms. The predicted molar refractivity (Wildman–Crippen MR) is 74.1 cm³/mol. The van der Waals surface area contributed by atoms with Crippen LogP contribution in [0.3, 0.4) is 0 Å². The number of pyridine rings is 1. The Morgan fingerprint density at radius 1 is 1.10 bits per heavy atom. The summed E-state index contributed by atoms with van der Waals surface area (Å²) in [6.45, 7) is 0. The number of carboxylic acids is 1. The maximum absolute atomic E-state index is 11.8. The summed E-state index contributed by atoms with van der Waals surface area (Å²) in [5.74, 6) is -2.56. The first-order valence-corrected chi connectivity index (χ1v) is 5.92. The number of hydrogen-bond donors (Lipinski definition) is 3. The summed E-state index contributed by atoms with van der Waals surface area (Å²) in [5, 5.41) is 9.15. The first kappa shape index (κ1) is 14.2. The van der Waals surface area contributed by atoms with Gasteiger partial charge in [0.05, 0.1) is 11.1 Å². The topological polar surface area (TPSA) is 108 Å². The van der Waals surface area contributed by atoms with Gasteiger partial charge in [0.15, 0.2) is 0 Å². The highest BCUT2D eigenvalue weighted by Crippen LogP contribution is 2.12. The molecule has 0 spiro atoms. The Bertz CT molecular complexity index is 740. The molecule has 0 saturated carbocycles. The van der Waals surface area contributed by atoms with Gasteiger partial charge >= 0.3 is 5.97 Å². The monoisotopic (exact) mass is 285 g/mol. The molecule has 0 aliphatic carbocycles. The third-order valence-corrected chi connectivity index (χ3v) is 2.53.